The molecule has 128 valence electrons. The molecular weight excluding hydrogens is 308 g/mol. The normalized spacial score (nSPS) is 16.8. The Morgan fingerprint density at radius 3 is 2.36 bits per heavy atom. The van der Waals surface area contributed by atoms with Crippen molar-refractivity contribution < 1.29 is 18.0 Å². The summed E-state index contributed by atoms with van der Waals surface area (Å²) in [6, 6.07) is -0.176. The first-order valence-electron chi connectivity index (χ1n) is 7.53. The van der Waals surface area contributed by atoms with E-state index in [2.05, 4.69) is 5.32 Å². The first-order chi connectivity index (χ1) is 10.3. The fourth-order valence-corrected chi connectivity index (χ4v) is 3.42. The van der Waals surface area contributed by atoms with Crippen molar-refractivity contribution in [1.82, 2.24) is 14.5 Å². The van der Waals surface area contributed by atoms with E-state index < -0.39 is 10.0 Å². The maximum absolute atomic E-state index is 12.0. The van der Waals surface area contributed by atoms with Crippen molar-refractivity contribution in [3.8, 4) is 0 Å². The van der Waals surface area contributed by atoms with Gasteiger partial charge in [-0.2, -0.15) is 0 Å². The van der Waals surface area contributed by atoms with Crippen LogP contribution in [0.1, 0.15) is 26.2 Å². The first kappa shape index (κ1) is 18.7. The lowest BCUT2D eigenvalue weighted by Gasteiger charge is -2.30. The highest BCUT2D eigenvalue weighted by Crippen LogP contribution is 2.16. The number of primary amides is 1. The molecule has 0 aromatic carbocycles. The summed E-state index contributed by atoms with van der Waals surface area (Å²) in [7, 11) is -3.18. The molecule has 1 saturated heterocycles. The summed E-state index contributed by atoms with van der Waals surface area (Å²) in [5, 5.41) is 2.78. The van der Waals surface area contributed by atoms with Gasteiger partial charge in [0.1, 0.15) is 0 Å². The fourth-order valence-electron chi connectivity index (χ4n) is 2.49. The van der Waals surface area contributed by atoms with Gasteiger partial charge in [0.05, 0.1) is 6.26 Å². The van der Waals surface area contributed by atoms with Crippen molar-refractivity contribution in [3.63, 3.8) is 0 Å². The number of hydrogen-bond donors (Lipinski definition) is 2. The van der Waals surface area contributed by atoms with Gasteiger partial charge in [0, 0.05) is 38.6 Å². The number of likely N-dealkylation sites (tertiary alicyclic amines) is 1. The SMILES string of the molecule is CCN(CCCNC(=O)N1CCC(C(N)=O)CC1)S(C)(=O)=O. The largest absolute Gasteiger partial charge is 0.369 e. The summed E-state index contributed by atoms with van der Waals surface area (Å²) in [5.74, 6) is -0.447. The molecule has 0 spiro atoms. The van der Waals surface area contributed by atoms with Gasteiger partial charge < -0.3 is 16.0 Å². The highest BCUT2D eigenvalue weighted by atomic mass is 32.2. The molecule has 0 saturated carbocycles. The summed E-state index contributed by atoms with van der Waals surface area (Å²) in [4.78, 5) is 24.7. The minimum Gasteiger partial charge on any atom is -0.369 e. The van der Waals surface area contributed by atoms with E-state index in [0.29, 0.717) is 52.0 Å². The van der Waals surface area contributed by atoms with Crippen molar-refractivity contribution in [2.24, 2.45) is 11.7 Å². The van der Waals surface area contributed by atoms with Crippen LogP contribution >= 0.6 is 0 Å². The Hall–Kier alpha value is -1.35. The standard InChI is InChI=1S/C13H26N4O4S/c1-3-17(22(2,20)21)8-4-7-15-13(19)16-9-5-11(6-10-16)12(14)18/h11H,3-10H2,1-2H3,(H2,14,18)(H,15,19). The summed E-state index contributed by atoms with van der Waals surface area (Å²) in [6.45, 7) is 4.05. The lowest BCUT2D eigenvalue weighted by Crippen LogP contribution is -2.46. The van der Waals surface area contributed by atoms with Crippen LogP contribution in [0.15, 0.2) is 0 Å². The molecule has 9 heteroatoms. The Labute approximate surface area is 132 Å². The third kappa shape index (κ3) is 5.80. The quantitative estimate of drug-likeness (QED) is 0.615. The van der Waals surface area contributed by atoms with Crippen LogP contribution in [0, 0.1) is 5.92 Å². The molecule has 22 heavy (non-hydrogen) atoms. The van der Waals surface area contributed by atoms with Crippen molar-refractivity contribution in [1.29, 1.82) is 0 Å². The zero-order valence-corrected chi connectivity index (χ0v) is 14.1. The lowest BCUT2D eigenvalue weighted by atomic mass is 9.96. The second kappa shape index (κ2) is 8.33. The van der Waals surface area contributed by atoms with Crippen LogP contribution < -0.4 is 11.1 Å². The Bertz CT molecular complexity index is 486. The van der Waals surface area contributed by atoms with Crippen LogP contribution in [0.25, 0.3) is 0 Å². The molecule has 0 aromatic heterocycles. The third-order valence-electron chi connectivity index (χ3n) is 3.87. The average molecular weight is 334 g/mol. The number of nitrogens with zero attached hydrogens (tertiary/aromatic N) is 2. The van der Waals surface area contributed by atoms with Gasteiger partial charge in [-0.15, -0.1) is 0 Å². The second-order valence-electron chi connectivity index (χ2n) is 5.50. The molecule has 0 aliphatic carbocycles. The average Bonchev–Trinajstić information content (AvgIpc) is 2.45. The molecule has 3 amide bonds. The molecule has 3 N–H and O–H groups in total. The van der Waals surface area contributed by atoms with Gasteiger partial charge >= 0.3 is 6.03 Å². The summed E-state index contributed by atoms with van der Waals surface area (Å²) >= 11 is 0. The molecule has 1 aliphatic rings. The summed E-state index contributed by atoms with van der Waals surface area (Å²) < 4.78 is 24.2. The van der Waals surface area contributed by atoms with E-state index >= 15 is 0 Å². The minimum absolute atomic E-state index is 0.142. The molecule has 1 heterocycles. The Balaban J connectivity index is 2.26. The van der Waals surface area contributed by atoms with Gasteiger partial charge in [0.15, 0.2) is 0 Å². The molecule has 0 unspecified atom stereocenters. The van der Waals surface area contributed by atoms with Crippen molar-refractivity contribution in [2.75, 3.05) is 39.0 Å². The zero-order chi connectivity index (χ0) is 16.8. The fraction of sp³-hybridized carbons (Fsp3) is 0.846. The van der Waals surface area contributed by atoms with Crippen LogP contribution in [-0.2, 0) is 14.8 Å². The van der Waals surface area contributed by atoms with Crippen LogP contribution in [-0.4, -0.2) is 68.5 Å². The van der Waals surface area contributed by atoms with Crippen LogP contribution in [0.5, 0.6) is 0 Å². The molecular formula is C13H26N4O4S. The van der Waals surface area contributed by atoms with Crippen LogP contribution in [0.3, 0.4) is 0 Å². The molecule has 0 aromatic rings. The topological polar surface area (TPSA) is 113 Å². The second-order valence-corrected chi connectivity index (χ2v) is 7.49. The molecule has 1 fully saturated rings. The van der Waals surface area contributed by atoms with Gasteiger partial charge in [-0.1, -0.05) is 6.92 Å². The van der Waals surface area contributed by atoms with Gasteiger partial charge in [-0.25, -0.2) is 17.5 Å². The molecule has 0 atom stereocenters. The Morgan fingerprint density at radius 1 is 1.32 bits per heavy atom. The number of urea groups is 1. The Kier molecular flexibility index (Phi) is 7.08. The maximum Gasteiger partial charge on any atom is 0.317 e. The van der Waals surface area contributed by atoms with Crippen molar-refractivity contribution in [2.45, 2.75) is 26.2 Å². The number of carbonyl (C=O) groups is 2. The maximum atomic E-state index is 12.0. The first-order valence-corrected chi connectivity index (χ1v) is 9.37. The highest BCUT2D eigenvalue weighted by molar-refractivity contribution is 7.88. The van der Waals surface area contributed by atoms with E-state index in [1.807, 2.05) is 0 Å². The lowest BCUT2D eigenvalue weighted by molar-refractivity contribution is -0.123. The Morgan fingerprint density at radius 2 is 1.91 bits per heavy atom. The number of piperidine rings is 1. The molecule has 1 rings (SSSR count). The number of carbonyl (C=O) groups excluding carboxylic acids is 2. The number of nitrogens with one attached hydrogen (secondary N) is 1. The van der Waals surface area contributed by atoms with Crippen LogP contribution in [0.4, 0.5) is 4.79 Å². The summed E-state index contributed by atoms with van der Waals surface area (Å²) in [5.41, 5.74) is 5.25. The van der Waals surface area contributed by atoms with Crippen molar-refractivity contribution >= 4 is 22.0 Å². The number of nitrogens with two attached hydrogens (primary N) is 1. The van der Waals surface area contributed by atoms with E-state index in [4.69, 9.17) is 5.73 Å². The van der Waals surface area contributed by atoms with Gasteiger partial charge in [-0.05, 0) is 19.3 Å². The van der Waals surface area contributed by atoms with E-state index in [-0.39, 0.29) is 17.9 Å². The third-order valence-corrected chi connectivity index (χ3v) is 5.25. The molecule has 8 nitrogen and oxygen atoms in total. The van der Waals surface area contributed by atoms with E-state index in [9.17, 15) is 18.0 Å². The predicted octanol–water partition coefficient (Wildman–Crippen LogP) is -0.435. The van der Waals surface area contributed by atoms with Crippen molar-refractivity contribution in [3.05, 3.63) is 0 Å². The van der Waals surface area contributed by atoms with Gasteiger partial charge in [0.2, 0.25) is 15.9 Å². The monoisotopic (exact) mass is 334 g/mol. The molecule has 1 aliphatic heterocycles. The number of amides is 3. The summed E-state index contributed by atoms with van der Waals surface area (Å²) in [6.07, 6.45) is 2.93. The smallest absolute Gasteiger partial charge is 0.317 e. The minimum atomic E-state index is -3.18. The number of hydrogen-bond acceptors (Lipinski definition) is 4. The molecule has 0 radical (unpaired) electrons. The van der Waals surface area contributed by atoms with Gasteiger partial charge in [-0.3, -0.25) is 4.79 Å². The highest BCUT2D eigenvalue weighted by Gasteiger charge is 2.25. The number of rotatable bonds is 7. The van der Waals surface area contributed by atoms with Gasteiger partial charge in [0.25, 0.3) is 0 Å². The van der Waals surface area contributed by atoms with Crippen LogP contribution in [0.2, 0.25) is 0 Å². The van der Waals surface area contributed by atoms with E-state index in [0.717, 1.165) is 0 Å². The van der Waals surface area contributed by atoms with E-state index in [1.165, 1.54) is 10.6 Å². The zero-order valence-electron chi connectivity index (χ0n) is 13.2. The van der Waals surface area contributed by atoms with E-state index in [1.54, 1.807) is 11.8 Å². The number of sulfonamides is 1. The molecule has 0 bridgehead atoms. The predicted molar refractivity (Wildman–Crippen MR) is 83.6 cm³/mol.